The Hall–Kier alpha value is -0.960. The molecular weight excluding hydrogens is 174 g/mol. The molecule has 1 unspecified atom stereocenters. The lowest BCUT2D eigenvalue weighted by molar-refractivity contribution is 0.487. The molecule has 0 saturated carbocycles. The van der Waals surface area contributed by atoms with Crippen LogP contribution in [0.2, 0.25) is 0 Å². The molecule has 1 N–H and O–H groups in total. The van der Waals surface area contributed by atoms with Crippen LogP contribution in [0.3, 0.4) is 0 Å². The molecule has 0 amide bonds. The zero-order valence-corrected chi connectivity index (χ0v) is 9.41. The molecule has 1 rings (SSSR count). The highest BCUT2D eigenvalue weighted by Crippen LogP contribution is 2.11. The molecule has 0 aliphatic rings. The van der Waals surface area contributed by atoms with Gasteiger partial charge in [0.15, 0.2) is 0 Å². The van der Waals surface area contributed by atoms with Crippen LogP contribution in [0.1, 0.15) is 38.2 Å². The minimum atomic E-state index is 0.283. The third kappa shape index (κ3) is 3.07. The van der Waals surface area contributed by atoms with Crippen molar-refractivity contribution in [3.05, 3.63) is 23.8 Å². The van der Waals surface area contributed by atoms with Gasteiger partial charge in [0.2, 0.25) is 0 Å². The molecule has 0 saturated heterocycles. The smallest absolute Gasteiger partial charge is 0.0782 e. The van der Waals surface area contributed by atoms with Crippen molar-refractivity contribution in [2.45, 2.75) is 33.7 Å². The third-order valence-corrected chi connectivity index (χ3v) is 2.16. The summed E-state index contributed by atoms with van der Waals surface area (Å²) in [7, 11) is 0. The second-order valence-corrected chi connectivity index (χ2v) is 4.05. The van der Waals surface area contributed by atoms with Crippen LogP contribution in [0.15, 0.2) is 12.4 Å². The highest BCUT2D eigenvalue weighted by Gasteiger charge is 2.09. The Morgan fingerprint density at radius 2 is 1.86 bits per heavy atom. The minimum Gasteiger partial charge on any atom is -0.309 e. The quantitative estimate of drug-likeness (QED) is 0.795. The van der Waals surface area contributed by atoms with E-state index in [2.05, 4.69) is 36.1 Å². The van der Waals surface area contributed by atoms with Gasteiger partial charge < -0.3 is 5.32 Å². The van der Waals surface area contributed by atoms with Crippen LogP contribution in [0.25, 0.3) is 0 Å². The lowest BCUT2D eigenvalue weighted by atomic mass is 10.1. The van der Waals surface area contributed by atoms with E-state index in [0.717, 1.165) is 17.9 Å². The number of hydrogen-bond acceptors (Lipinski definition) is 3. The van der Waals surface area contributed by atoms with E-state index in [9.17, 15) is 0 Å². The van der Waals surface area contributed by atoms with Crippen LogP contribution >= 0.6 is 0 Å². The number of nitrogens with one attached hydrogen (secondary N) is 1. The van der Waals surface area contributed by atoms with Gasteiger partial charge >= 0.3 is 0 Å². The zero-order chi connectivity index (χ0) is 10.6. The van der Waals surface area contributed by atoms with E-state index in [1.54, 1.807) is 12.4 Å². The Kier molecular flexibility index (Phi) is 4.01. The summed E-state index contributed by atoms with van der Waals surface area (Å²) in [6.07, 6.45) is 3.48. The zero-order valence-electron chi connectivity index (χ0n) is 9.41. The summed E-state index contributed by atoms with van der Waals surface area (Å²) in [6.45, 7) is 9.53. The number of aryl methyl sites for hydroxylation is 1. The first-order chi connectivity index (χ1) is 6.61. The number of hydrogen-bond donors (Lipinski definition) is 1. The van der Waals surface area contributed by atoms with Crippen molar-refractivity contribution in [2.24, 2.45) is 5.92 Å². The molecule has 3 nitrogen and oxygen atoms in total. The molecule has 1 aromatic heterocycles. The standard InChI is InChI=1S/C11H19N3/c1-8(2)7-14-10(4)11-9(3)12-5-6-13-11/h5-6,8,10,14H,7H2,1-4H3. The SMILES string of the molecule is Cc1nccnc1C(C)NCC(C)C. The van der Waals surface area contributed by atoms with Gasteiger partial charge in [-0.15, -0.1) is 0 Å². The molecule has 1 aromatic rings. The highest BCUT2D eigenvalue weighted by atomic mass is 14.9. The average Bonchev–Trinajstić information content (AvgIpc) is 2.15. The first-order valence-corrected chi connectivity index (χ1v) is 5.12. The maximum atomic E-state index is 4.33. The maximum Gasteiger partial charge on any atom is 0.0782 e. The lowest BCUT2D eigenvalue weighted by Gasteiger charge is -2.15. The molecule has 0 bridgehead atoms. The Morgan fingerprint density at radius 3 is 2.43 bits per heavy atom. The van der Waals surface area contributed by atoms with Gasteiger partial charge in [-0.2, -0.15) is 0 Å². The molecule has 0 aliphatic heterocycles. The number of rotatable bonds is 4. The Labute approximate surface area is 86.0 Å². The van der Waals surface area contributed by atoms with Crippen molar-refractivity contribution in [3.63, 3.8) is 0 Å². The van der Waals surface area contributed by atoms with Crippen LogP contribution in [-0.2, 0) is 0 Å². The molecule has 0 aromatic carbocycles. The fourth-order valence-electron chi connectivity index (χ4n) is 1.35. The van der Waals surface area contributed by atoms with Gasteiger partial charge in [-0.05, 0) is 26.3 Å². The van der Waals surface area contributed by atoms with E-state index in [-0.39, 0.29) is 6.04 Å². The lowest BCUT2D eigenvalue weighted by Crippen LogP contribution is -2.24. The highest BCUT2D eigenvalue weighted by molar-refractivity contribution is 5.12. The second-order valence-electron chi connectivity index (χ2n) is 4.05. The van der Waals surface area contributed by atoms with Gasteiger partial charge in [0.05, 0.1) is 11.4 Å². The van der Waals surface area contributed by atoms with Gasteiger partial charge in [-0.25, -0.2) is 0 Å². The largest absolute Gasteiger partial charge is 0.309 e. The van der Waals surface area contributed by atoms with E-state index in [1.165, 1.54) is 0 Å². The van der Waals surface area contributed by atoms with Gasteiger partial charge in [-0.3, -0.25) is 9.97 Å². The predicted octanol–water partition coefficient (Wildman–Crippen LogP) is 2.09. The molecule has 0 fully saturated rings. The summed E-state index contributed by atoms with van der Waals surface area (Å²) >= 11 is 0. The van der Waals surface area contributed by atoms with Crippen molar-refractivity contribution in [1.82, 2.24) is 15.3 Å². The number of nitrogens with zero attached hydrogens (tertiary/aromatic N) is 2. The van der Waals surface area contributed by atoms with Crippen molar-refractivity contribution in [1.29, 1.82) is 0 Å². The Morgan fingerprint density at radius 1 is 1.21 bits per heavy atom. The predicted molar refractivity (Wildman–Crippen MR) is 58.0 cm³/mol. The summed E-state index contributed by atoms with van der Waals surface area (Å²) in [5, 5.41) is 3.44. The fraction of sp³-hybridized carbons (Fsp3) is 0.636. The second kappa shape index (κ2) is 5.05. The molecule has 1 atom stereocenters. The summed E-state index contributed by atoms with van der Waals surface area (Å²) < 4.78 is 0. The molecule has 0 spiro atoms. The first kappa shape index (κ1) is 11.1. The van der Waals surface area contributed by atoms with E-state index >= 15 is 0 Å². The molecule has 1 heterocycles. The maximum absolute atomic E-state index is 4.33. The van der Waals surface area contributed by atoms with Crippen molar-refractivity contribution < 1.29 is 0 Å². The van der Waals surface area contributed by atoms with Gasteiger partial charge in [-0.1, -0.05) is 13.8 Å². The topological polar surface area (TPSA) is 37.8 Å². The first-order valence-electron chi connectivity index (χ1n) is 5.12. The van der Waals surface area contributed by atoms with Crippen LogP contribution in [-0.4, -0.2) is 16.5 Å². The Bertz CT molecular complexity index is 284. The van der Waals surface area contributed by atoms with Crippen molar-refractivity contribution >= 4 is 0 Å². The molecule has 0 radical (unpaired) electrons. The fourth-order valence-corrected chi connectivity index (χ4v) is 1.35. The van der Waals surface area contributed by atoms with Crippen LogP contribution < -0.4 is 5.32 Å². The molecule has 78 valence electrons. The summed E-state index contributed by atoms with van der Waals surface area (Å²) in [4.78, 5) is 8.56. The summed E-state index contributed by atoms with van der Waals surface area (Å²) in [5.41, 5.74) is 2.06. The average molecular weight is 193 g/mol. The van der Waals surface area contributed by atoms with Gasteiger partial charge in [0.25, 0.3) is 0 Å². The van der Waals surface area contributed by atoms with Gasteiger partial charge in [0, 0.05) is 18.4 Å². The van der Waals surface area contributed by atoms with E-state index in [0.29, 0.717) is 5.92 Å². The van der Waals surface area contributed by atoms with E-state index < -0.39 is 0 Å². The van der Waals surface area contributed by atoms with Crippen LogP contribution in [0.4, 0.5) is 0 Å². The normalized spacial score (nSPS) is 13.2. The summed E-state index contributed by atoms with van der Waals surface area (Å²) in [6, 6.07) is 0.283. The number of aromatic nitrogens is 2. The minimum absolute atomic E-state index is 0.283. The van der Waals surface area contributed by atoms with E-state index in [1.807, 2.05) is 6.92 Å². The van der Waals surface area contributed by atoms with Crippen LogP contribution in [0, 0.1) is 12.8 Å². The molecule has 14 heavy (non-hydrogen) atoms. The monoisotopic (exact) mass is 193 g/mol. The molecular formula is C11H19N3. The Balaban J connectivity index is 2.60. The summed E-state index contributed by atoms with van der Waals surface area (Å²) in [5.74, 6) is 0.662. The van der Waals surface area contributed by atoms with Crippen molar-refractivity contribution in [3.8, 4) is 0 Å². The molecule has 0 aliphatic carbocycles. The van der Waals surface area contributed by atoms with E-state index in [4.69, 9.17) is 0 Å². The van der Waals surface area contributed by atoms with Crippen LogP contribution in [0.5, 0.6) is 0 Å². The third-order valence-electron chi connectivity index (χ3n) is 2.16. The van der Waals surface area contributed by atoms with Gasteiger partial charge in [0.1, 0.15) is 0 Å². The van der Waals surface area contributed by atoms with Crippen molar-refractivity contribution in [2.75, 3.05) is 6.54 Å². The molecule has 3 heteroatoms.